The van der Waals surface area contributed by atoms with Gasteiger partial charge in [-0.25, -0.2) is 4.98 Å². The molecule has 0 spiro atoms. The van der Waals surface area contributed by atoms with Crippen molar-refractivity contribution in [3.8, 4) is 0 Å². The lowest BCUT2D eigenvalue weighted by molar-refractivity contribution is 0.445. The van der Waals surface area contributed by atoms with Crippen LogP contribution >= 0.6 is 0 Å². The van der Waals surface area contributed by atoms with Gasteiger partial charge in [-0.3, -0.25) is 0 Å². The molecule has 0 aliphatic heterocycles. The highest BCUT2D eigenvalue weighted by Gasteiger charge is 2.02. The molecule has 3 nitrogen and oxygen atoms in total. The van der Waals surface area contributed by atoms with E-state index in [4.69, 9.17) is 4.42 Å². The zero-order valence-corrected chi connectivity index (χ0v) is 10.6. The molecular formula is C15H18N2O. The fourth-order valence-electron chi connectivity index (χ4n) is 1.69. The third-order valence-corrected chi connectivity index (χ3v) is 2.75. The third kappa shape index (κ3) is 3.31. The summed E-state index contributed by atoms with van der Waals surface area (Å²) in [5, 5.41) is 3.28. The van der Waals surface area contributed by atoms with Gasteiger partial charge < -0.3 is 9.73 Å². The molecule has 0 unspecified atom stereocenters. The summed E-state index contributed by atoms with van der Waals surface area (Å²) in [7, 11) is 0. The zero-order valence-electron chi connectivity index (χ0n) is 10.6. The highest BCUT2D eigenvalue weighted by molar-refractivity contribution is 5.64. The summed E-state index contributed by atoms with van der Waals surface area (Å²) >= 11 is 0. The van der Waals surface area contributed by atoms with E-state index in [0.717, 1.165) is 35.8 Å². The van der Waals surface area contributed by atoms with Crippen molar-refractivity contribution >= 4 is 5.57 Å². The summed E-state index contributed by atoms with van der Waals surface area (Å²) in [4.78, 5) is 4.20. The van der Waals surface area contributed by atoms with Crippen LogP contribution in [0.3, 0.4) is 0 Å². The van der Waals surface area contributed by atoms with Crippen LogP contribution in [0, 0.1) is 0 Å². The Labute approximate surface area is 108 Å². The molecule has 1 aromatic heterocycles. The van der Waals surface area contributed by atoms with Gasteiger partial charge in [0, 0.05) is 13.0 Å². The number of nitrogens with one attached hydrogen (secondary N) is 1. The Balaban J connectivity index is 1.80. The smallest absolute Gasteiger partial charge is 0.208 e. The van der Waals surface area contributed by atoms with Crippen LogP contribution in [0.25, 0.3) is 5.57 Å². The van der Waals surface area contributed by atoms with Crippen LogP contribution in [-0.4, -0.2) is 11.5 Å². The predicted molar refractivity (Wildman–Crippen MR) is 73.1 cm³/mol. The van der Waals surface area contributed by atoms with Gasteiger partial charge in [0.05, 0.1) is 12.7 Å². The topological polar surface area (TPSA) is 38.1 Å². The second kappa shape index (κ2) is 6.17. The van der Waals surface area contributed by atoms with E-state index >= 15 is 0 Å². The SMILES string of the molecule is C=C(CNCc1ncc(CC)o1)c1ccccc1. The van der Waals surface area contributed by atoms with Gasteiger partial charge in [0.25, 0.3) is 0 Å². The summed E-state index contributed by atoms with van der Waals surface area (Å²) in [6, 6.07) is 10.2. The van der Waals surface area contributed by atoms with E-state index in [9.17, 15) is 0 Å². The van der Waals surface area contributed by atoms with E-state index < -0.39 is 0 Å². The second-order valence-corrected chi connectivity index (χ2v) is 4.15. The van der Waals surface area contributed by atoms with E-state index in [1.807, 2.05) is 18.2 Å². The maximum Gasteiger partial charge on any atom is 0.208 e. The van der Waals surface area contributed by atoms with Crippen LogP contribution in [0.15, 0.2) is 47.5 Å². The molecule has 1 heterocycles. The van der Waals surface area contributed by atoms with Crippen LogP contribution in [0.4, 0.5) is 0 Å². The Hall–Kier alpha value is -1.87. The molecule has 94 valence electrons. The lowest BCUT2D eigenvalue weighted by atomic mass is 10.1. The molecule has 1 aromatic carbocycles. The van der Waals surface area contributed by atoms with E-state index in [0.29, 0.717) is 6.54 Å². The molecular weight excluding hydrogens is 224 g/mol. The number of hydrogen-bond acceptors (Lipinski definition) is 3. The normalized spacial score (nSPS) is 10.5. The monoisotopic (exact) mass is 242 g/mol. The van der Waals surface area contributed by atoms with Crippen molar-refractivity contribution in [3.63, 3.8) is 0 Å². The number of rotatable bonds is 6. The standard InChI is InChI=1S/C15H18N2O/c1-3-14-10-17-15(18-14)11-16-9-12(2)13-7-5-4-6-8-13/h4-8,10,16H,2-3,9,11H2,1H3. The maximum atomic E-state index is 5.52. The first-order valence-corrected chi connectivity index (χ1v) is 6.17. The van der Waals surface area contributed by atoms with Crippen LogP contribution in [-0.2, 0) is 13.0 Å². The van der Waals surface area contributed by atoms with Gasteiger partial charge in [-0.1, -0.05) is 43.8 Å². The number of benzene rings is 1. The van der Waals surface area contributed by atoms with E-state index in [1.165, 1.54) is 0 Å². The number of aryl methyl sites for hydroxylation is 1. The van der Waals surface area contributed by atoms with Crippen LogP contribution in [0.1, 0.15) is 24.1 Å². The van der Waals surface area contributed by atoms with Crippen LogP contribution in [0.2, 0.25) is 0 Å². The van der Waals surface area contributed by atoms with Crippen molar-refractivity contribution < 1.29 is 4.42 Å². The number of nitrogens with zero attached hydrogens (tertiary/aromatic N) is 1. The van der Waals surface area contributed by atoms with Gasteiger partial charge in [-0.2, -0.15) is 0 Å². The fourth-order valence-corrected chi connectivity index (χ4v) is 1.69. The first-order valence-electron chi connectivity index (χ1n) is 6.17. The predicted octanol–water partition coefficient (Wildman–Crippen LogP) is 3.04. The fraction of sp³-hybridized carbons (Fsp3) is 0.267. The van der Waals surface area contributed by atoms with Crippen molar-refractivity contribution in [2.24, 2.45) is 0 Å². The van der Waals surface area contributed by atoms with Crippen molar-refractivity contribution in [2.45, 2.75) is 19.9 Å². The zero-order chi connectivity index (χ0) is 12.8. The highest BCUT2D eigenvalue weighted by Crippen LogP contribution is 2.10. The molecule has 0 bridgehead atoms. The molecule has 18 heavy (non-hydrogen) atoms. The Morgan fingerprint density at radius 3 is 2.78 bits per heavy atom. The van der Waals surface area contributed by atoms with Crippen molar-refractivity contribution in [3.05, 3.63) is 60.3 Å². The highest BCUT2D eigenvalue weighted by atomic mass is 16.4. The number of aromatic nitrogens is 1. The van der Waals surface area contributed by atoms with Gasteiger partial charge in [0.1, 0.15) is 5.76 Å². The lowest BCUT2D eigenvalue weighted by Crippen LogP contribution is -2.15. The van der Waals surface area contributed by atoms with Gasteiger partial charge in [-0.05, 0) is 11.1 Å². The first kappa shape index (κ1) is 12.6. The second-order valence-electron chi connectivity index (χ2n) is 4.15. The molecule has 0 amide bonds. The van der Waals surface area contributed by atoms with Crippen LogP contribution in [0.5, 0.6) is 0 Å². The Kier molecular flexibility index (Phi) is 4.31. The Bertz CT molecular complexity index is 502. The van der Waals surface area contributed by atoms with E-state index in [1.54, 1.807) is 6.20 Å². The molecule has 0 radical (unpaired) electrons. The quantitative estimate of drug-likeness (QED) is 0.846. The summed E-state index contributed by atoms with van der Waals surface area (Å²) in [6.45, 7) is 7.48. The molecule has 1 N–H and O–H groups in total. The summed E-state index contributed by atoms with van der Waals surface area (Å²) in [6.07, 6.45) is 2.66. The summed E-state index contributed by atoms with van der Waals surface area (Å²) < 4.78 is 5.52. The molecule has 0 aliphatic rings. The third-order valence-electron chi connectivity index (χ3n) is 2.75. The molecule has 0 saturated heterocycles. The van der Waals surface area contributed by atoms with Gasteiger partial charge >= 0.3 is 0 Å². The van der Waals surface area contributed by atoms with Crippen molar-refractivity contribution in [2.75, 3.05) is 6.54 Å². The van der Waals surface area contributed by atoms with E-state index in [2.05, 4.69) is 35.9 Å². The van der Waals surface area contributed by atoms with Crippen LogP contribution < -0.4 is 5.32 Å². The molecule has 3 heteroatoms. The van der Waals surface area contributed by atoms with Crippen molar-refractivity contribution in [1.29, 1.82) is 0 Å². The summed E-state index contributed by atoms with van der Waals surface area (Å²) in [5.74, 6) is 1.65. The molecule has 0 saturated carbocycles. The maximum absolute atomic E-state index is 5.52. The molecule has 0 atom stereocenters. The Morgan fingerprint density at radius 1 is 1.33 bits per heavy atom. The van der Waals surface area contributed by atoms with Gasteiger partial charge in [0.2, 0.25) is 5.89 Å². The molecule has 0 fully saturated rings. The molecule has 2 rings (SSSR count). The average Bonchev–Trinajstić information content (AvgIpc) is 2.87. The average molecular weight is 242 g/mol. The minimum absolute atomic E-state index is 0.631. The summed E-state index contributed by atoms with van der Waals surface area (Å²) in [5.41, 5.74) is 2.23. The van der Waals surface area contributed by atoms with Crippen molar-refractivity contribution in [1.82, 2.24) is 10.3 Å². The lowest BCUT2D eigenvalue weighted by Gasteiger charge is -2.06. The molecule has 0 aliphatic carbocycles. The Morgan fingerprint density at radius 2 is 2.11 bits per heavy atom. The largest absolute Gasteiger partial charge is 0.444 e. The van der Waals surface area contributed by atoms with Gasteiger partial charge in [0.15, 0.2) is 0 Å². The number of oxazole rings is 1. The minimum Gasteiger partial charge on any atom is -0.444 e. The van der Waals surface area contributed by atoms with E-state index in [-0.39, 0.29) is 0 Å². The number of hydrogen-bond donors (Lipinski definition) is 1. The molecule has 2 aromatic rings. The minimum atomic E-state index is 0.631. The first-order chi connectivity index (χ1) is 8.79. The van der Waals surface area contributed by atoms with Gasteiger partial charge in [-0.15, -0.1) is 0 Å².